The first-order chi connectivity index (χ1) is 17.2. The number of hydrogen-bond donors (Lipinski definition) is 2. The molecule has 7 N–H and O–H groups in total. The van der Waals surface area contributed by atoms with Crippen LogP contribution in [0.25, 0.3) is 38.7 Å². The Labute approximate surface area is 226 Å². The molecule has 0 fully saturated rings. The largest absolute Gasteiger partial charge is 0.412 e. The van der Waals surface area contributed by atoms with E-state index >= 15 is 0 Å². The van der Waals surface area contributed by atoms with E-state index in [0.29, 0.717) is 16.8 Å². The topological polar surface area (TPSA) is 161 Å². The Morgan fingerprint density at radius 1 is 1.08 bits per heavy atom. The summed E-state index contributed by atoms with van der Waals surface area (Å²) in [6.07, 6.45) is 8.91. The van der Waals surface area contributed by atoms with E-state index in [1.165, 1.54) is 16.3 Å². The molecule has 0 aliphatic carbocycles. The normalized spacial score (nSPS) is 11.7. The smallest absolute Gasteiger partial charge is 0.274 e. The number of nitrogens with two attached hydrogens (primary N) is 1. The fourth-order valence-electron chi connectivity index (χ4n) is 4.21. The standard InChI is InChI=1S/C28H31N5O2S.2H2O.H2/c1-17(2)30-13-20(12-29)25-10-22-24(15-33(4)28(35)27(22)31-25)21-11-26(34)32(3)14-23(21)19-8-6-7-18(9-19)16-36-5;;;/h6-15,17,31H,16,29H2,1-5H3;2*1H2;1H/b20-12+,30-13?;;;. The Kier molecular flexibility index (Phi) is 10.1. The van der Waals surface area contributed by atoms with Gasteiger partial charge in [0, 0.05) is 86.0 Å². The number of nitrogens with one attached hydrogen (secondary N) is 1. The number of aryl methyl sites for hydroxylation is 2. The van der Waals surface area contributed by atoms with Crippen LogP contribution in [0.1, 0.15) is 26.5 Å². The molecule has 38 heavy (non-hydrogen) atoms. The van der Waals surface area contributed by atoms with Gasteiger partial charge < -0.3 is 30.8 Å². The summed E-state index contributed by atoms with van der Waals surface area (Å²) >= 11 is 1.76. The highest BCUT2D eigenvalue weighted by molar-refractivity contribution is 7.97. The number of allylic oxidation sites excluding steroid dienone is 1. The molecule has 0 unspecified atom stereocenters. The molecule has 0 bridgehead atoms. The van der Waals surface area contributed by atoms with Crippen molar-refractivity contribution >= 4 is 34.5 Å². The van der Waals surface area contributed by atoms with Gasteiger partial charge in [0.05, 0.1) is 0 Å². The maximum atomic E-state index is 13.1. The summed E-state index contributed by atoms with van der Waals surface area (Å²) in [5, 5.41) is 0.722. The summed E-state index contributed by atoms with van der Waals surface area (Å²) in [4.78, 5) is 33.6. The van der Waals surface area contributed by atoms with Gasteiger partial charge in [0.25, 0.3) is 11.1 Å². The van der Waals surface area contributed by atoms with Crippen LogP contribution in [-0.4, -0.2) is 43.6 Å². The van der Waals surface area contributed by atoms with Crippen molar-refractivity contribution in [3.63, 3.8) is 0 Å². The van der Waals surface area contributed by atoms with E-state index in [4.69, 9.17) is 5.73 Å². The highest BCUT2D eigenvalue weighted by Crippen LogP contribution is 2.35. The molecule has 0 saturated carbocycles. The summed E-state index contributed by atoms with van der Waals surface area (Å²) in [5.74, 6) is 0.895. The van der Waals surface area contributed by atoms with Crippen LogP contribution in [0, 0.1) is 0 Å². The van der Waals surface area contributed by atoms with E-state index in [2.05, 4.69) is 28.4 Å². The monoisotopic (exact) mass is 539 g/mol. The number of H-pyrrole nitrogens is 1. The molecule has 4 aromatic rings. The zero-order valence-corrected chi connectivity index (χ0v) is 23.0. The third-order valence-corrected chi connectivity index (χ3v) is 6.66. The lowest BCUT2D eigenvalue weighted by Gasteiger charge is -2.14. The van der Waals surface area contributed by atoms with E-state index in [0.717, 1.165) is 33.4 Å². The van der Waals surface area contributed by atoms with Gasteiger partial charge in [-0.15, -0.1) is 0 Å². The van der Waals surface area contributed by atoms with Crippen LogP contribution in [0.2, 0.25) is 0 Å². The highest BCUT2D eigenvalue weighted by atomic mass is 32.2. The van der Waals surface area contributed by atoms with E-state index in [1.807, 2.05) is 38.2 Å². The minimum absolute atomic E-state index is 0. The summed E-state index contributed by atoms with van der Waals surface area (Å²) in [7, 11) is 3.46. The van der Waals surface area contributed by atoms with Crippen LogP contribution in [0.15, 0.2) is 69.6 Å². The second-order valence-electron chi connectivity index (χ2n) is 9.11. The van der Waals surface area contributed by atoms with Gasteiger partial charge in [-0.2, -0.15) is 11.8 Å². The van der Waals surface area contributed by atoms with Crippen molar-refractivity contribution in [1.29, 1.82) is 0 Å². The first kappa shape index (κ1) is 30.4. The molecule has 10 heteroatoms. The number of aromatic nitrogens is 3. The first-order valence-corrected chi connectivity index (χ1v) is 13.1. The Balaban J connectivity index is 0.00000253. The predicted molar refractivity (Wildman–Crippen MR) is 162 cm³/mol. The lowest BCUT2D eigenvalue weighted by molar-refractivity contribution is 0.823. The lowest BCUT2D eigenvalue weighted by Crippen LogP contribution is -2.18. The first-order valence-electron chi connectivity index (χ1n) is 11.7. The van der Waals surface area contributed by atoms with E-state index in [-0.39, 0.29) is 29.5 Å². The van der Waals surface area contributed by atoms with Crippen LogP contribution < -0.4 is 16.9 Å². The maximum absolute atomic E-state index is 13.1. The number of nitrogens with zero attached hydrogens (tertiary/aromatic N) is 3. The van der Waals surface area contributed by atoms with Crippen LogP contribution >= 0.6 is 11.8 Å². The Hall–Kier alpha value is -3.86. The highest BCUT2D eigenvalue weighted by Gasteiger charge is 2.18. The van der Waals surface area contributed by atoms with Gasteiger partial charge in [-0.1, -0.05) is 24.3 Å². The summed E-state index contributed by atoms with van der Waals surface area (Å²) in [5.41, 5.74) is 12.1. The average molecular weight is 540 g/mol. The molecule has 0 radical (unpaired) electrons. The molecule has 0 aliphatic rings. The van der Waals surface area contributed by atoms with Crippen LogP contribution in [0.3, 0.4) is 0 Å². The Morgan fingerprint density at radius 3 is 2.45 bits per heavy atom. The molecule has 0 spiro atoms. The van der Waals surface area contributed by atoms with Crippen molar-refractivity contribution in [2.24, 2.45) is 24.8 Å². The minimum atomic E-state index is -0.162. The van der Waals surface area contributed by atoms with Crippen molar-refractivity contribution in [2.75, 3.05) is 6.26 Å². The van der Waals surface area contributed by atoms with Crippen molar-refractivity contribution < 1.29 is 12.4 Å². The molecule has 0 atom stereocenters. The molecule has 0 aliphatic heterocycles. The molecule has 4 rings (SSSR count). The second-order valence-corrected chi connectivity index (χ2v) is 9.97. The number of aliphatic imine (C=N–C) groups is 1. The van der Waals surface area contributed by atoms with E-state index < -0.39 is 0 Å². The van der Waals surface area contributed by atoms with Crippen molar-refractivity contribution in [3.05, 3.63) is 87.0 Å². The molecule has 3 heterocycles. The number of aromatic amines is 1. The number of benzene rings is 1. The predicted octanol–water partition coefficient (Wildman–Crippen LogP) is 3.14. The molecule has 204 valence electrons. The Bertz CT molecular complexity index is 1620. The van der Waals surface area contributed by atoms with Crippen LogP contribution in [-0.2, 0) is 19.8 Å². The SMILES string of the molecule is CSCc1cccc(-c2cn(C)c(=O)cc2-c2cn(C)c(=O)c3[nH]c(/C(C=NC(C)C)=C/N)cc23)c1.O.O.[HH]. The van der Waals surface area contributed by atoms with Gasteiger partial charge >= 0.3 is 0 Å². The quantitative estimate of drug-likeness (QED) is 0.345. The number of hydrogen-bond acceptors (Lipinski definition) is 5. The molecular weight excluding hydrogens is 502 g/mol. The van der Waals surface area contributed by atoms with Gasteiger partial charge in [-0.05, 0) is 42.9 Å². The molecule has 1 aromatic carbocycles. The molecular formula is C28H37N5O4S. The summed E-state index contributed by atoms with van der Waals surface area (Å²) in [6.45, 7) is 3.96. The third-order valence-electron chi connectivity index (χ3n) is 6.03. The number of fused-ring (bicyclic) bond motifs is 1. The second kappa shape index (κ2) is 12.6. The van der Waals surface area contributed by atoms with E-state index in [1.54, 1.807) is 48.9 Å². The molecule has 0 amide bonds. The van der Waals surface area contributed by atoms with Gasteiger partial charge in [-0.25, -0.2) is 0 Å². The summed E-state index contributed by atoms with van der Waals surface area (Å²) < 4.78 is 3.12. The Morgan fingerprint density at radius 2 is 1.79 bits per heavy atom. The number of pyridine rings is 2. The average Bonchev–Trinajstić information content (AvgIpc) is 3.29. The van der Waals surface area contributed by atoms with Crippen molar-refractivity contribution in [2.45, 2.75) is 25.6 Å². The zero-order valence-electron chi connectivity index (χ0n) is 22.2. The maximum Gasteiger partial charge on any atom is 0.274 e. The van der Waals surface area contributed by atoms with Gasteiger partial charge in [0.15, 0.2) is 0 Å². The third kappa shape index (κ3) is 5.99. The van der Waals surface area contributed by atoms with Crippen LogP contribution in [0.4, 0.5) is 0 Å². The van der Waals surface area contributed by atoms with Crippen LogP contribution in [0.5, 0.6) is 0 Å². The lowest BCUT2D eigenvalue weighted by atomic mass is 9.94. The summed E-state index contributed by atoms with van der Waals surface area (Å²) in [6, 6.07) is 12.0. The molecule has 3 aromatic heterocycles. The van der Waals surface area contributed by atoms with Crippen molar-refractivity contribution in [1.82, 2.24) is 14.1 Å². The van der Waals surface area contributed by atoms with Gasteiger partial charge in [-0.3, -0.25) is 14.6 Å². The fraction of sp³-hybridized carbons (Fsp3) is 0.250. The zero-order chi connectivity index (χ0) is 26.0. The van der Waals surface area contributed by atoms with Crippen molar-refractivity contribution in [3.8, 4) is 22.3 Å². The number of rotatable bonds is 7. The van der Waals surface area contributed by atoms with E-state index in [9.17, 15) is 9.59 Å². The number of thioether (sulfide) groups is 1. The molecule has 9 nitrogen and oxygen atoms in total. The van der Waals surface area contributed by atoms with Gasteiger partial charge in [0.1, 0.15) is 5.52 Å². The fourth-order valence-corrected chi connectivity index (χ4v) is 4.73. The minimum Gasteiger partial charge on any atom is -0.412 e. The molecule has 0 saturated heterocycles. The van der Waals surface area contributed by atoms with Gasteiger partial charge in [0.2, 0.25) is 0 Å².